The number of nitrogens with zero attached hydrogens (tertiary/aromatic N) is 1. The maximum absolute atomic E-state index is 14.3. The highest BCUT2D eigenvalue weighted by Crippen LogP contribution is 2.28. The average Bonchev–Trinajstić information content (AvgIpc) is 2.61. The van der Waals surface area contributed by atoms with Crippen molar-refractivity contribution in [1.82, 2.24) is 4.98 Å². The van der Waals surface area contributed by atoms with Gasteiger partial charge in [0, 0.05) is 29.6 Å². The van der Waals surface area contributed by atoms with E-state index < -0.39 is 11.8 Å². The van der Waals surface area contributed by atoms with Gasteiger partial charge >= 0.3 is 5.97 Å². The van der Waals surface area contributed by atoms with Crippen LogP contribution < -0.4 is 0 Å². The lowest BCUT2D eigenvalue weighted by Crippen LogP contribution is -2.22. The Balaban J connectivity index is 1.87. The second-order valence-corrected chi connectivity index (χ2v) is 6.10. The number of carbonyl (C=O) groups is 1. The van der Waals surface area contributed by atoms with E-state index in [1.807, 2.05) is 0 Å². The molecule has 1 atom stereocenters. The number of pyridine rings is 1. The van der Waals surface area contributed by atoms with E-state index in [4.69, 9.17) is 9.47 Å². The lowest BCUT2D eigenvalue weighted by Gasteiger charge is -2.22. The van der Waals surface area contributed by atoms with Crippen molar-refractivity contribution < 1.29 is 23.8 Å². The minimum absolute atomic E-state index is 0.0295. The van der Waals surface area contributed by atoms with Crippen LogP contribution in [0.5, 0.6) is 0 Å². The Morgan fingerprint density at radius 1 is 1.36 bits per heavy atom. The first kappa shape index (κ1) is 17.5. The van der Waals surface area contributed by atoms with Crippen molar-refractivity contribution in [3.05, 3.63) is 53.1 Å². The summed E-state index contributed by atoms with van der Waals surface area (Å²) in [5.74, 6) is -1.62. The lowest BCUT2D eigenvalue weighted by atomic mass is 9.98. The first-order valence-electron chi connectivity index (χ1n) is 8.26. The quantitative estimate of drug-likeness (QED) is 0.889. The van der Waals surface area contributed by atoms with Crippen LogP contribution in [-0.4, -0.2) is 29.0 Å². The number of aromatic carboxylic acids is 1. The molecule has 1 aliphatic heterocycles. The van der Waals surface area contributed by atoms with E-state index in [0.717, 1.165) is 24.8 Å². The molecule has 6 heteroatoms. The predicted molar refractivity (Wildman–Crippen MR) is 89.7 cm³/mol. The Hall–Kier alpha value is -2.31. The van der Waals surface area contributed by atoms with Crippen LogP contribution in [0.4, 0.5) is 4.39 Å². The van der Waals surface area contributed by atoms with Crippen LogP contribution in [0.15, 0.2) is 30.5 Å². The van der Waals surface area contributed by atoms with Crippen molar-refractivity contribution in [1.29, 1.82) is 0 Å². The smallest absolute Gasteiger partial charge is 0.337 e. The van der Waals surface area contributed by atoms with Gasteiger partial charge in [0.05, 0.1) is 12.2 Å². The zero-order valence-electron chi connectivity index (χ0n) is 14.0. The van der Waals surface area contributed by atoms with E-state index in [2.05, 4.69) is 4.98 Å². The molecule has 1 unspecified atom stereocenters. The van der Waals surface area contributed by atoms with Crippen molar-refractivity contribution in [3.63, 3.8) is 0 Å². The molecule has 0 bridgehead atoms. The van der Waals surface area contributed by atoms with Gasteiger partial charge in [0.25, 0.3) is 0 Å². The molecule has 0 amide bonds. The third-order valence-corrected chi connectivity index (χ3v) is 4.17. The van der Waals surface area contributed by atoms with Crippen LogP contribution in [0.2, 0.25) is 0 Å². The van der Waals surface area contributed by atoms with Gasteiger partial charge in [-0.1, -0.05) is 6.07 Å². The van der Waals surface area contributed by atoms with Crippen LogP contribution in [0.3, 0.4) is 0 Å². The molecule has 2 aromatic rings. The molecule has 0 aliphatic carbocycles. The minimum atomic E-state index is -1.14. The monoisotopic (exact) mass is 345 g/mol. The minimum Gasteiger partial charge on any atom is -0.478 e. The normalized spacial score (nSPS) is 17.4. The molecule has 0 radical (unpaired) electrons. The van der Waals surface area contributed by atoms with Crippen LogP contribution in [-0.2, 0) is 16.1 Å². The van der Waals surface area contributed by atoms with Crippen molar-refractivity contribution >= 4 is 5.97 Å². The Bertz CT molecular complexity index is 772. The van der Waals surface area contributed by atoms with Gasteiger partial charge < -0.3 is 14.6 Å². The molecule has 1 fully saturated rings. The summed E-state index contributed by atoms with van der Waals surface area (Å²) in [7, 11) is 0. The number of rotatable bonds is 5. The van der Waals surface area contributed by atoms with Crippen molar-refractivity contribution in [2.75, 3.05) is 6.61 Å². The van der Waals surface area contributed by atoms with Gasteiger partial charge in [-0.15, -0.1) is 0 Å². The molecule has 2 heterocycles. The highest BCUT2D eigenvalue weighted by molar-refractivity contribution is 5.95. The largest absolute Gasteiger partial charge is 0.478 e. The van der Waals surface area contributed by atoms with Crippen molar-refractivity contribution in [2.45, 2.75) is 39.1 Å². The molecule has 0 spiro atoms. The van der Waals surface area contributed by atoms with Crippen LogP contribution in [0, 0.1) is 12.7 Å². The molecule has 25 heavy (non-hydrogen) atoms. The number of carboxylic acid groups (broad SMARTS) is 1. The maximum atomic E-state index is 14.3. The van der Waals surface area contributed by atoms with E-state index in [9.17, 15) is 14.3 Å². The second-order valence-electron chi connectivity index (χ2n) is 6.10. The molecule has 1 aliphatic rings. The van der Waals surface area contributed by atoms with Gasteiger partial charge in [-0.3, -0.25) is 4.98 Å². The van der Waals surface area contributed by atoms with Gasteiger partial charge in [0.1, 0.15) is 5.82 Å². The molecular weight excluding hydrogens is 325 g/mol. The van der Waals surface area contributed by atoms with Crippen molar-refractivity contribution in [2.24, 2.45) is 0 Å². The summed E-state index contributed by atoms with van der Waals surface area (Å²) in [6.45, 7) is 2.71. The number of benzene rings is 1. The summed E-state index contributed by atoms with van der Waals surface area (Å²) in [6.07, 6.45) is 3.98. The number of hydrogen-bond donors (Lipinski definition) is 1. The van der Waals surface area contributed by atoms with Crippen LogP contribution >= 0.6 is 0 Å². The first-order chi connectivity index (χ1) is 12.0. The molecule has 0 saturated carbocycles. The summed E-state index contributed by atoms with van der Waals surface area (Å²) in [5, 5.41) is 9.35. The number of aromatic nitrogens is 1. The molecule has 132 valence electrons. The zero-order valence-corrected chi connectivity index (χ0v) is 14.0. The van der Waals surface area contributed by atoms with E-state index in [0.29, 0.717) is 17.9 Å². The summed E-state index contributed by atoms with van der Waals surface area (Å²) >= 11 is 0. The molecule has 1 N–H and O–H groups in total. The second kappa shape index (κ2) is 7.72. The summed E-state index contributed by atoms with van der Waals surface area (Å²) in [6, 6.07) is 6.17. The third-order valence-electron chi connectivity index (χ3n) is 4.17. The SMILES string of the molecule is Cc1cc(-c2cc(COC3CCCCO3)ccc2F)c(C(=O)O)cn1. The fraction of sp³-hybridized carbons (Fsp3) is 0.368. The average molecular weight is 345 g/mol. The lowest BCUT2D eigenvalue weighted by molar-refractivity contribution is -0.168. The standard InChI is InChI=1S/C19H20FNO4/c1-12-8-14(16(10-21-12)19(22)23)15-9-13(5-6-17(15)20)11-25-18-4-2-3-7-24-18/h5-6,8-10,18H,2-4,7,11H2,1H3,(H,22,23). The number of halogens is 1. The molecule has 1 aromatic carbocycles. The number of aryl methyl sites for hydroxylation is 1. The van der Waals surface area contributed by atoms with Gasteiger partial charge in [-0.25, -0.2) is 9.18 Å². The molecule has 1 aromatic heterocycles. The highest BCUT2D eigenvalue weighted by atomic mass is 19.1. The predicted octanol–water partition coefficient (Wildman–Crippen LogP) is 3.94. The van der Waals surface area contributed by atoms with E-state index in [1.54, 1.807) is 25.1 Å². The zero-order chi connectivity index (χ0) is 17.8. The third kappa shape index (κ3) is 4.21. The Morgan fingerprint density at radius 2 is 2.20 bits per heavy atom. The first-order valence-corrected chi connectivity index (χ1v) is 8.26. The highest BCUT2D eigenvalue weighted by Gasteiger charge is 2.18. The van der Waals surface area contributed by atoms with Gasteiger partial charge in [0.15, 0.2) is 6.29 Å². The molecule has 3 rings (SSSR count). The Labute approximate surface area is 145 Å². The summed E-state index contributed by atoms with van der Waals surface area (Å²) in [5.41, 5.74) is 1.90. The number of ether oxygens (including phenoxy) is 2. The fourth-order valence-electron chi connectivity index (χ4n) is 2.85. The topological polar surface area (TPSA) is 68.7 Å². The van der Waals surface area contributed by atoms with E-state index >= 15 is 0 Å². The van der Waals surface area contributed by atoms with Gasteiger partial charge in [0.2, 0.25) is 0 Å². The summed E-state index contributed by atoms with van der Waals surface area (Å²) < 4.78 is 25.6. The fourth-order valence-corrected chi connectivity index (χ4v) is 2.85. The van der Waals surface area contributed by atoms with Crippen molar-refractivity contribution in [3.8, 4) is 11.1 Å². The van der Waals surface area contributed by atoms with Crippen LogP contribution in [0.25, 0.3) is 11.1 Å². The number of carboxylic acids is 1. The molecular formula is C19H20FNO4. The van der Waals surface area contributed by atoms with Gasteiger partial charge in [-0.2, -0.15) is 0 Å². The van der Waals surface area contributed by atoms with E-state index in [-0.39, 0.29) is 24.0 Å². The Morgan fingerprint density at radius 3 is 2.92 bits per heavy atom. The maximum Gasteiger partial charge on any atom is 0.337 e. The number of hydrogen-bond acceptors (Lipinski definition) is 4. The molecule has 5 nitrogen and oxygen atoms in total. The summed E-state index contributed by atoms with van der Waals surface area (Å²) in [4.78, 5) is 15.4. The Kier molecular flexibility index (Phi) is 5.40. The van der Waals surface area contributed by atoms with Crippen LogP contribution in [0.1, 0.15) is 40.9 Å². The van der Waals surface area contributed by atoms with E-state index in [1.165, 1.54) is 12.3 Å². The molecule has 1 saturated heterocycles. The van der Waals surface area contributed by atoms with Gasteiger partial charge in [-0.05, 0) is 49.9 Å².